The van der Waals surface area contributed by atoms with Gasteiger partial charge < -0.3 is 20.4 Å². The van der Waals surface area contributed by atoms with E-state index in [0.29, 0.717) is 25.7 Å². The van der Waals surface area contributed by atoms with Crippen LogP contribution in [0.1, 0.15) is 25.7 Å². The lowest BCUT2D eigenvalue weighted by molar-refractivity contribution is -0.187. The largest absolute Gasteiger partial charge is 0.481 e. The summed E-state index contributed by atoms with van der Waals surface area (Å²) in [6, 6.07) is -1.03. The number of alkyl halides is 3. The third-order valence-corrected chi connectivity index (χ3v) is 4.75. The number of urea groups is 1. The van der Waals surface area contributed by atoms with Crippen molar-refractivity contribution in [2.45, 2.75) is 37.9 Å². The van der Waals surface area contributed by atoms with Crippen LogP contribution in [0.25, 0.3) is 0 Å². The van der Waals surface area contributed by atoms with Gasteiger partial charge in [0.15, 0.2) is 0 Å². The van der Waals surface area contributed by atoms with Crippen molar-refractivity contribution in [2.75, 3.05) is 13.1 Å². The van der Waals surface area contributed by atoms with Gasteiger partial charge in [0, 0.05) is 19.1 Å². The van der Waals surface area contributed by atoms with Crippen molar-refractivity contribution in [2.24, 2.45) is 17.8 Å². The lowest BCUT2D eigenvalue weighted by Crippen LogP contribution is -2.46. The molecule has 136 valence electrons. The Balaban J connectivity index is 1.92. The highest BCUT2D eigenvalue weighted by atomic mass is 19.4. The predicted octanol–water partition coefficient (Wildman–Crippen LogP) is 1.53. The molecule has 0 radical (unpaired) electrons. The molecule has 2 atom stereocenters. The molecular weight excluding hydrogens is 333 g/mol. The summed E-state index contributed by atoms with van der Waals surface area (Å²) in [4.78, 5) is 34.9. The first-order chi connectivity index (χ1) is 11.1. The molecule has 2 rings (SSSR count). The summed E-state index contributed by atoms with van der Waals surface area (Å²) in [5.74, 6) is -6.68. The van der Waals surface area contributed by atoms with E-state index < -0.39 is 55.0 Å². The average molecular weight is 352 g/mol. The maximum atomic E-state index is 12.9. The molecule has 0 aromatic rings. The van der Waals surface area contributed by atoms with Crippen molar-refractivity contribution < 1.29 is 37.8 Å². The first kappa shape index (κ1) is 18.3. The second-order valence-electron chi connectivity index (χ2n) is 6.33. The SMILES string of the molecule is O=C(O)C1CCC(NC(=O)N2C[C@@H](C(F)(F)F)[C@H](C(=O)O)C2)CC1. The highest BCUT2D eigenvalue weighted by molar-refractivity contribution is 5.78. The summed E-state index contributed by atoms with van der Waals surface area (Å²) in [6.07, 6.45) is -3.03. The van der Waals surface area contributed by atoms with Crippen LogP contribution in [-0.2, 0) is 9.59 Å². The topological polar surface area (TPSA) is 107 Å². The Kier molecular flexibility index (Phi) is 5.24. The summed E-state index contributed by atoms with van der Waals surface area (Å²) in [5.41, 5.74) is 0. The van der Waals surface area contributed by atoms with E-state index >= 15 is 0 Å². The molecule has 2 amide bonds. The Morgan fingerprint density at radius 2 is 1.54 bits per heavy atom. The van der Waals surface area contributed by atoms with Crippen molar-refractivity contribution in [3.63, 3.8) is 0 Å². The Bertz CT molecular complexity index is 517. The van der Waals surface area contributed by atoms with Crippen LogP contribution in [-0.4, -0.2) is 58.4 Å². The Labute approximate surface area is 135 Å². The fraction of sp³-hybridized carbons (Fsp3) is 0.786. The zero-order valence-corrected chi connectivity index (χ0v) is 12.8. The molecule has 2 aliphatic rings. The smallest absolute Gasteiger partial charge is 0.394 e. The minimum absolute atomic E-state index is 0.304. The van der Waals surface area contributed by atoms with Gasteiger partial charge in [-0.3, -0.25) is 9.59 Å². The van der Waals surface area contributed by atoms with E-state index in [9.17, 15) is 27.6 Å². The van der Waals surface area contributed by atoms with Crippen molar-refractivity contribution in [1.82, 2.24) is 10.2 Å². The number of hydrogen-bond acceptors (Lipinski definition) is 3. The van der Waals surface area contributed by atoms with Crippen LogP contribution in [0.2, 0.25) is 0 Å². The van der Waals surface area contributed by atoms with Gasteiger partial charge in [0.1, 0.15) is 0 Å². The highest BCUT2D eigenvalue weighted by Gasteiger charge is 2.53. The number of carboxylic acid groups (broad SMARTS) is 2. The van der Waals surface area contributed by atoms with Gasteiger partial charge in [-0.05, 0) is 25.7 Å². The van der Waals surface area contributed by atoms with Crippen molar-refractivity contribution >= 4 is 18.0 Å². The minimum Gasteiger partial charge on any atom is -0.481 e. The monoisotopic (exact) mass is 352 g/mol. The fourth-order valence-corrected chi connectivity index (χ4v) is 3.30. The first-order valence-electron chi connectivity index (χ1n) is 7.67. The quantitative estimate of drug-likeness (QED) is 0.714. The molecule has 1 saturated heterocycles. The molecule has 24 heavy (non-hydrogen) atoms. The van der Waals surface area contributed by atoms with Crippen LogP contribution in [0.4, 0.5) is 18.0 Å². The van der Waals surface area contributed by atoms with Gasteiger partial charge in [-0.2, -0.15) is 13.2 Å². The summed E-state index contributed by atoms with van der Waals surface area (Å²) >= 11 is 0. The van der Waals surface area contributed by atoms with E-state index in [0.717, 1.165) is 4.90 Å². The van der Waals surface area contributed by atoms with Crippen LogP contribution < -0.4 is 5.32 Å². The molecule has 0 unspecified atom stereocenters. The van der Waals surface area contributed by atoms with Gasteiger partial charge in [0.05, 0.1) is 17.8 Å². The van der Waals surface area contributed by atoms with Crippen molar-refractivity contribution in [3.8, 4) is 0 Å². The Morgan fingerprint density at radius 1 is 0.958 bits per heavy atom. The van der Waals surface area contributed by atoms with Gasteiger partial charge in [0.2, 0.25) is 0 Å². The predicted molar refractivity (Wildman–Crippen MR) is 74.2 cm³/mol. The third kappa shape index (κ3) is 4.09. The molecule has 7 nitrogen and oxygen atoms in total. The van der Waals surface area contributed by atoms with Crippen LogP contribution in [0, 0.1) is 17.8 Å². The zero-order valence-electron chi connectivity index (χ0n) is 12.8. The maximum absolute atomic E-state index is 12.9. The number of carboxylic acids is 2. The zero-order chi connectivity index (χ0) is 18.1. The van der Waals surface area contributed by atoms with E-state index in [2.05, 4.69) is 5.32 Å². The summed E-state index contributed by atoms with van der Waals surface area (Å²) in [5, 5.41) is 20.4. The number of aliphatic carboxylic acids is 2. The highest BCUT2D eigenvalue weighted by Crippen LogP contribution is 2.37. The standard InChI is InChI=1S/C14H19F3N2O5/c15-14(16,17)10-6-19(5-9(10)12(22)23)13(24)18-8-3-1-7(2-4-8)11(20)21/h7-10H,1-6H2,(H,18,24)(H,20,21)(H,22,23)/t7?,8?,9-,10-/m1/s1. The number of rotatable bonds is 3. The summed E-state index contributed by atoms with van der Waals surface area (Å²) in [7, 11) is 0. The van der Waals surface area contributed by atoms with Gasteiger partial charge in [-0.1, -0.05) is 0 Å². The van der Waals surface area contributed by atoms with Gasteiger partial charge in [-0.25, -0.2) is 4.79 Å². The van der Waals surface area contributed by atoms with E-state index in [1.165, 1.54) is 0 Å². The van der Waals surface area contributed by atoms with Gasteiger partial charge >= 0.3 is 24.1 Å². The fourth-order valence-electron chi connectivity index (χ4n) is 3.30. The summed E-state index contributed by atoms with van der Waals surface area (Å²) < 4.78 is 38.7. The molecular formula is C14H19F3N2O5. The van der Waals surface area contributed by atoms with Crippen LogP contribution in [0.3, 0.4) is 0 Å². The maximum Gasteiger partial charge on any atom is 0.394 e. The van der Waals surface area contributed by atoms with E-state index in [-0.39, 0.29) is 6.04 Å². The van der Waals surface area contributed by atoms with E-state index in [4.69, 9.17) is 10.2 Å². The Hall–Kier alpha value is -2.00. The lowest BCUT2D eigenvalue weighted by Gasteiger charge is -2.28. The summed E-state index contributed by atoms with van der Waals surface area (Å²) in [6.45, 7) is -1.17. The number of carbonyl (C=O) groups excluding carboxylic acids is 1. The number of amides is 2. The van der Waals surface area contributed by atoms with E-state index in [1.54, 1.807) is 0 Å². The second-order valence-corrected chi connectivity index (χ2v) is 6.33. The van der Waals surface area contributed by atoms with Crippen LogP contribution in [0.5, 0.6) is 0 Å². The number of halogens is 3. The molecule has 0 aromatic carbocycles. The number of nitrogens with one attached hydrogen (secondary N) is 1. The number of nitrogens with zero attached hydrogens (tertiary/aromatic N) is 1. The molecule has 3 N–H and O–H groups in total. The third-order valence-electron chi connectivity index (χ3n) is 4.75. The molecule has 2 fully saturated rings. The average Bonchev–Trinajstić information content (AvgIpc) is 2.93. The molecule has 0 spiro atoms. The molecule has 1 saturated carbocycles. The minimum atomic E-state index is -4.68. The molecule has 0 bridgehead atoms. The van der Waals surface area contributed by atoms with Crippen molar-refractivity contribution in [3.05, 3.63) is 0 Å². The molecule has 1 aliphatic carbocycles. The van der Waals surface area contributed by atoms with Crippen LogP contribution in [0.15, 0.2) is 0 Å². The number of likely N-dealkylation sites (tertiary alicyclic amines) is 1. The molecule has 10 heteroatoms. The normalized spacial score (nSPS) is 30.9. The van der Waals surface area contributed by atoms with Crippen molar-refractivity contribution in [1.29, 1.82) is 0 Å². The molecule has 0 aromatic heterocycles. The lowest BCUT2D eigenvalue weighted by atomic mass is 9.86. The first-order valence-corrected chi connectivity index (χ1v) is 7.67. The number of hydrogen-bond donors (Lipinski definition) is 3. The molecule has 1 heterocycles. The number of carbonyl (C=O) groups is 3. The molecule has 1 aliphatic heterocycles. The van der Waals surface area contributed by atoms with E-state index in [1.807, 2.05) is 0 Å². The second kappa shape index (κ2) is 6.86. The van der Waals surface area contributed by atoms with Gasteiger partial charge in [0.25, 0.3) is 0 Å². The van der Waals surface area contributed by atoms with Crippen LogP contribution >= 0.6 is 0 Å². The van der Waals surface area contributed by atoms with Gasteiger partial charge in [-0.15, -0.1) is 0 Å². The Morgan fingerprint density at radius 3 is 1.96 bits per heavy atom.